The number of rotatable bonds is 3. The van der Waals surface area contributed by atoms with E-state index in [-0.39, 0.29) is 5.75 Å². The van der Waals surface area contributed by atoms with Gasteiger partial charge in [0.15, 0.2) is 0 Å². The zero-order chi connectivity index (χ0) is 17.0. The molecule has 0 saturated heterocycles. The summed E-state index contributed by atoms with van der Waals surface area (Å²) >= 11 is 2.36. The number of aromatic hydroxyl groups is 1. The fourth-order valence-electron chi connectivity index (χ4n) is 6.04. The number of phenolic OH excluding ortho intramolecular Hbond substituents is 1. The Hall–Kier alpha value is -1.40. The van der Waals surface area contributed by atoms with E-state index in [2.05, 4.69) is 41.1 Å². The summed E-state index contributed by atoms with van der Waals surface area (Å²) in [5.41, 5.74) is 1.95. The van der Waals surface area contributed by atoms with Gasteiger partial charge in [0.25, 0.3) is 0 Å². The summed E-state index contributed by atoms with van der Waals surface area (Å²) in [6.45, 7) is 0. The van der Waals surface area contributed by atoms with E-state index in [1.807, 2.05) is 12.1 Å². The van der Waals surface area contributed by atoms with Crippen molar-refractivity contribution in [1.82, 2.24) is 0 Å². The van der Waals surface area contributed by atoms with E-state index in [0.717, 1.165) is 27.9 Å². The van der Waals surface area contributed by atoms with Crippen molar-refractivity contribution in [2.75, 3.05) is 0 Å². The molecule has 0 spiro atoms. The molecule has 4 bridgehead atoms. The average molecular weight is 394 g/mol. The van der Waals surface area contributed by atoms with Crippen LogP contribution in [0.2, 0.25) is 0 Å². The first-order valence-corrected chi connectivity index (χ1v) is 10.3. The van der Waals surface area contributed by atoms with Crippen molar-refractivity contribution in [2.45, 2.75) is 43.9 Å². The predicted molar refractivity (Wildman–Crippen MR) is 99.9 cm³/mol. The molecular formula is C22H23AsO2. The maximum absolute atomic E-state index is 9.82. The Labute approximate surface area is 158 Å². The molecule has 0 atom stereocenters. The van der Waals surface area contributed by atoms with Crippen molar-refractivity contribution in [1.29, 1.82) is 0 Å². The fraction of sp³-hybridized carbons (Fsp3) is 0.455. The van der Waals surface area contributed by atoms with E-state index in [4.69, 9.17) is 4.74 Å². The van der Waals surface area contributed by atoms with Gasteiger partial charge in [-0.15, -0.1) is 0 Å². The van der Waals surface area contributed by atoms with Crippen molar-refractivity contribution < 1.29 is 9.84 Å². The van der Waals surface area contributed by atoms with Gasteiger partial charge in [-0.25, -0.2) is 0 Å². The zero-order valence-corrected chi connectivity index (χ0v) is 16.2. The molecule has 4 saturated carbocycles. The molecule has 2 aromatic rings. The van der Waals surface area contributed by atoms with Crippen LogP contribution in [0.15, 0.2) is 42.5 Å². The Morgan fingerprint density at radius 3 is 1.96 bits per heavy atom. The van der Waals surface area contributed by atoms with Crippen LogP contribution in [0.5, 0.6) is 17.2 Å². The average Bonchev–Trinajstić information content (AvgIpc) is 2.58. The summed E-state index contributed by atoms with van der Waals surface area (Å²) in [5, 5.41) is 9.82. The van der Waals surface area contributed by atoms with Gasteiger partial charge in [-0.3, -0.25) is 0 Å². The molecule has 0 unspecified atom stereocenters. The SMILES string of the molecule is Oc1cc(Oc2ccc(C34CC5CC(CC(C5)C3)C4)cc2)ccc1[As]. The van der Waals surface area contributed by atoms with Crippen LogP contribution >= 0.6 is 0 Å². The van der Waals surface area contributed by atoms with Crippen molar-refractivity contribution in [3.63, 3.8) is 0 Å². The predicted octanol–water partition coefficient (Wildman–Crippen LogP) is 4.45. The molecule has 4 aliphatic carbocycles. The molecular weight excluding hydrogens is 371 g/mol. The topological polar surface area (TPSA) is 29.5 Å². The maximum atomic E-state index is 9.82. The molecule has 0 aliphatic heterocycles. The normalized spacial score (nSPS) is 32.8. The van der Waals surface area contributed by atoms with Crippen LogP contribution < -0.4 is 9.09 Å². The summed E-state index contributed by atoms with van der Waals surface area (Å²) in [7, 11) is 0. The first-order chi connectivity index (χ1) is 12.1. The van der Waals surface area contributed by atoms with Crippen molar-refractivity contribution in [2.24, 2.45) is 17.8 Å². The van der Waals surface area contributed by atoms with E-state index >= 15 is 0 Å². The van der Waals surface area contributed by atoms with Crippen LogP contribution in [0.3, 0.4) is 0 Å². The Morgan fingerprint density at radius 1 is 0.840 bits per heavy atom. The number of phenols is 1. The van der Waals surface area contributed by atoms with E-state index in [9.17, 15) is 5.11 Å². The second kappa shape index (κ2) is 5.81. The fourth-order valence-corrected chi connectivity index (χ4v) is 6.34. The number of benzene rings is 2. The third kappa shape index (κ3) is 2.79. The number of hydrogen-bond donors (Lipinski definition) is 1. The molecule has 3 heteroatoms. The Morgan fingerprint density at radius 2 is 1.40 bits per heavy atom. The van der Waals surface area contributed by atoms with Gasteiger partial charge < -0.3 is 0 Å². The van der Waals surface area contributed by atoms with Gasteiger partial charge in [0.1, 0.15) is 0 Å². The van der Waals surface area contributed by atoms with Gasteiger partial charge in [0.05, 0.1) is 0 Å². The Balaban J connectivity index is 1.37. The van der Waals surface area contributed by atoms with E-state index in [0.29, 0.717) is 11.2 Å². The number of ether oxygens (including phenoxy) is 1. The van der Waals surface area contributed by atoms with Crippen molar-refractivity contribution in [3.8, 4) is 17.2 Å². The quantitative estimate of drug-likeness (QED) is 0.780. The molecule has 0 heterocycles. The molecule has 1 N–H and O–H groups in total. The molecule has 128 valence electrons. The van der Waals surface area contributed by atoms with E-state index in [1.54, 1.807) is 6.07 Å². The second-order valence-corrected chi connectivity index (χ2v) is 9.49. The van der Waals surface area contributed by atoms with Crippen LogP contribution in [-0.2, 0) is 5.41 Å². The van der Waals surface area contributed by atoms with Gasteiger partial charge >= 0.3 is 139 Å². The van der Waals surface area contributed by atoms with Crippen LogP contribution in [0, 0.1) is 17.8 Å². The van der Waals surface area contributed by atoms with Gasteiger partial charge in [-0.05, 0) is 19.3 Å². The van der Waals surface area contributed by atoms with Crippen LogP contribution in [0.1, 0.15) is 44.1 Å². The monoisotopic (exact) mass is 394 g/mol. The molecule has 6 rings (SSSR count). The standard InChI is InChI=1S/C22H23AsO2/c23-20-6-5-19(10-21(20)24)25-18-3-1-17(2-4-18)22-11-14-7-15(12-22)9-16(8-14)13-22/h1-6,10,14-16,24H,7-9,11-13H2. The minimum atomic E-state index is 0.252. The Kier molecular flexibility index (Phi) is 3.68. The summed E-state index contributed by atoms with van der Waals surface area (Å²) in [6.07, 6.45) is 8.62. The molecule has 2 radical (unpaired) electrons. The molecule has 2 aromatic carbocycles. The minimum absolute atomic E-state index is 0.252. The van der Waals surface area contributed by atoms with Crippen molar-refractivity contribution in [3.05, 3.63) is 48.0 Å². The molecule has 0 aromatic heterocycles. The summed E-state index contributed by atoms with van der Waals surface area (Å²) < 4.78 is 6.72. The summed E-state index contributed by atoms with van der Waals surface area (Å²) in [5.74, 6) is 4.67. The second-order valence-electron chi connectivity index (χ2n) is 8.47. The van der Waals surface area contributed by atoms with Gasteiger partial charge in [0.2, 0.25) is 0 Å². The molecule has 25 heavy (non-hydrogen) atoms. The van der Waals surface area contributed by atoms with E-state index in [1.165, 1.54) is 44.1 Å². The first kappa shape index (κ1) is 15.8. The van der Waals surface area contributed by atoms with Crippen LogP contribution in [0.25, 0.3) is 0 Å². The Bertz CT molecular complexity index is 761. The van der Waals surface area contributed by atoms with Gasteiger partial charge in [-0.1, -0.05) is 0 Å². The zero-order valence-electron chi connectivity index (χ0n) is 14.3. The van der Waals surface area contributed by atoms with Gasteiger partial charge in [0, 0.05) is 0 Å². The molecule has 0 amide bonds. The summed E-state index contributed by atoms with van der Waals surface area (Å²) in [4.78, 5) is 0. The third-order valence-corrected chi connectivity index (χ3v) is 7.48. The van der Waals surface area contributed by atoms with Crippen LogP contribution in [0.4, 0.5) is 0 Å². The van der Waals surface area contributed by atoms with E-state index < -0.39 is 0 Å². The van der Waals surface area contributed by atoms with Crippen molar-refractivity contribution >= 4 is 21.2 Å². The third-order valence-electron chi connectivity index (χ3n) is 6.69. The van der Waals surface area contributed by atoms with Crippen LogP contribution in [-0.4, -0.2) is 22.0 Å². The summed E-state index contributed by atoms with van der Waals surface area (Å²) in [6, 6.07) is 14.2. The number of hydrogen-bond acceptors (Lipinski definition) is 2. The molecule has 2 nitrogen and oxygen atoms in total. The first-order valence-electron chi connectivity index (χ1n) is 9.40. The molecule has 4 aliphatic rings. The molecule has 4 fully saturated rings. The van der Waals surface area contributed by atoms with Gasteiger partial charge in [-0.2, -0.15) is 0 Å².